The van der Waals surface area contributed by atoms with Gasteiger partial charge >= 0.3 is 0 Å². The number of carbonyl (C=O) groups is 1. The van der Waals surface area contributed by atoms with Gasteiger partial charge < -0.3 is 10.2 Å². The Morgan fingerprint density at radius 1 is 0.617 bits per heavy atom. The molecule has 1 atom stereocenters. The number of rotatable bonds is 7. The summed E-state index contributed by atoms with van der Waals surface area (Å²) < 4.78 is 0. The van der Waals surface area contributed by atoms with E-state index < -0.39 is 0 Å². The van der Waals surface area contributed by atoms with Crippen molar-refractivity contribution in [3.63, 3.8) is 0 Å². The number of carbonyl (C=O) groups excluding carboxylic acids is 1. The van der Waals surface area contributed by atoms with Gasteiger partial charge in [0.15, 0.2) is 0 Å². The van der Waals surface area contributed by atoms with Crippen LogP contribution in [0.2, 0.25) is 0 Å². The van der Waals surface area contributed by atoms with Crippen LogP contribution < -0.4 is 5.32 Å². The van der Waals surface area contributed by atoms with Gasteiger partial charge in [0.05, 0.1) is 5.70 Å². The fourth-order valence-electron chi connectivity index (χ4n) is 8.09. The van der Waals surface area contributed by atoms with Crippen molar-refractivity contribution in [2.24, 2.45) is 5.92 Å². The minimum atomic E-state index is 0.0616. The van der Waals surface area contributed by atoms with Crippen molar-refractivity contribution in [1.82, 2.24) is 10.2 Å². The molecule has 246 valence electrons. The van der Waals surface area contributed by atoms with Gasteiger partial charge in [0.2, 0.25) is 5.91 Å². The second-order valence-corrected chi connectivity index (χ2v) is 14.0. The standard InChI is InChI=1S/C44H54N2O/c1-33(42(35-22-14-10-15-23-35)40-32-41(46-30-20-21-31-46)39-29-19-18-28-38(39)40)34(2)43(36-24-16-11-17-25-36)45-44(47)37-26-12-8-6-4-3-5-7-9-13-27-37/h10-11,14-19,22-25,28-29,32,37,40H,3-9,12-13,20-21,26-27,30-31H2,1-2H3,(H,45,47). The molecule has 47 heavy (non-hydrogen) atoms. The molecule has 1 saturated carbocycles. The Balaban J connectivity index is 1.42. The van der Waals surface area contributed by atoms with Crippen molar-refractivity contribution >= 4 is 22.9 Å². The Kier molecular flexibility index (Phi) is 11.5. The molecule has 3 aromatic rings. The minimum absolute atomic E-state index is 0.0616. The lowest BCUT2D eigenvalue weighted by atomic mass is 9.83. The Labute approximate surface area is 283 Å². The Hall–Kier alpha value is -3.85. The molecule has 3 aromatic carbocycles. The highest BCUT2D eigenvalue weighted by Crippen LogP contribution is 2.47. The van der Waals surface area contributed by atoms with E-state index in [1.54, 1.807) is 0 Å². The van der Waals surface area contributed by atoms with Crippen LogP contribution in [0.4, 0.5) is 0 Å². The van der Waals surface area contributed by atoms with E-state index in [1.807, 2.05) is 0 Å². The molecule has 3 heteroatoms. The van der Waals surface area contributed by atoms with Crippen LogP contribution in [0.1, 0.15) is 125 Å². The molecular formula is C44H54N2O. The number of fused-ring (bicyclic) bond motifs is 1. The lowest BCUT2D eigenvalue weighted by molar-refractivity contribution is -0.124. The van der Waals surface area contributed by atoms with E-state index in [9.17, 15) is 4.79 Å². The Morgan fingerprint density at radius 2 is 1.15 bits per heavy atom. The van der Waals surface area contributed by atoms with Crippen LogP contribution in [0, 0.1) is 5.92 Å². The molecule has 1 aliphatic heterocycles. The maximum absolute atomic E-state index is 14.2. The van der Waals surface area contributed by atoms with Crippen LogP contribution in [-0.4, -0.2) is 23.9 Å². The number of hydrogen-bond acceptors (Lipinski definition) is 2. The quantitative estimate of drug-likeness (QED) is 0.265. The first-order chi connectivity index (χ1) is 23.1. The van der Waals surface area contributed by atoms with Gasteiger partial charge in [-0.3, -0.25) is 4.79 Å². The molecule has 2 fully saturated rings. The summed E-state index contributed by atoms with van der Waals surface area (Å²) >= 11 is 0. The van der Waals surface area contributed by atoms with Crippen molar-refractivity contribution in [3.05, 3.63) is 124 Å². The highest BCUT2D eigenvalue weighted by Gasteiger charge is 2.32. The smallest absolute Gasteiger partial charge is 0.227 e. The first-order valence-corrected chi connectivity index (χ1v) is 18.5. The van der Waals surface area contributed by atoms with Crippen molar-refractivity contribution in [1.29, 1.82) is 0 Å². The number of likely N-dealkylation sites (tertiary alicyclic amines) is 1. The lowest BCUT2D eigenvalue weighted by Gasteiger charge is -2.24. The molecule has 0 aromatic heterocycles. The normalized spacial score (nSPS) is 20.7. The number of nitrogens with one attached hydrogen (secondary N) is 1. The van der Waals surface area contributed by atoms with E-state index in [-0.39, 0.29) is 17.7 Å². The highest BCUT2D eigenvalue weighted by atomic mass is 16.1. The number of allylic oxidation sites excluding steroid dienone is 4. The third kappa shape index (κ3) is 8.00. The zero-order chi connectivity index (χ0) is 32.4. The van der Waals surface area contributed by atoms with E-state index in [4.69, 9.17) is 0 Å². The van der Waals surface area contributed by atoms with E-state index >= 15 is 0 Å². The molecule has 1 unspecified atom stereocenters. The topological polar surface area (TPSA) is 32.3 Å². The van der Waals surface area contributed by atoms with Crippen molar-refractivity contribution < 1.29 is 4.79 Å². The first kappa shape index (κ1) is 33.1. The van der Waals surface area contributed by atoms with Gasteiger partial charge in [-0.05, 0) is 79.0 Å². The van der Waals surface area contributed by atoms with Crippen LogP contribution in [0.3, 0.4) is 0 Å². The predicted octanol–water partition coefficient (Wildman–Crippen LogP) is 11.2. The molecule has 0 spiro atoms. The second kappa shape index (κ2) is 16.3. The summed E-state index contributed by atoms with van der Waals surface area (Å²) in [7, 11) is 0. The summed E-state index contributed by atoms with van der Waals surface area (Å²) in [6.45, 7) is 6.74. The summed E-state index contributed by atoms with van der Waals surface area (Å²) in [5, 5.41) is 3.55. The average molecular weight is 627 g/mol. The van der Waals surface area contributed by atoms with Gasteiger partial charge in [-0.1, -0.05) is 143 Å². The van der Waals surface area contributed by atoms with Crippen molar-refractivity contribution in [2.45, 2.75) is 103 Å². The Bertz CT molecular complexity index is 1560. The second-order valence-electron chi connectivity index (χ2n) is 14.0. The van der Waals surface area contributed by atoms with Gasteiger partial charge in [0.25, 0.3) is 0 Å². The van der Waals surface area contributed by atoms with Gasteiger partial charge in [-0.25, -0.2) is 0 Å². The number of nitrogens with zero attached hydrogens (tertiary/aromatic N) is 1. The minimum Gasteiger partial charge on any atom is -0.371 e. The monoisotopic (exact) mass is 626 g/mol. The molecule has 1 N–H and O–H groups in total. The largest absolute Gasteiger partial charge is 0.371 e. The molecule has 3 nitrogen and oxygen atoms in total. The lowest BCUT2D eigenvalue weighted by Crippen LogP contribution is -2.30. The summed E-state index contributed by atoms with van der Waals surface area (Å²) in [5.74, 6) is 0.390. The third-order valence-corrected chi connectivity index (χ3v) is 10.9. The molecule has 3 aliphatic rings. The van der Waals surface area contributed by atoms with Crippen LogP contribution in [0.5, 0.6) is 0 Å². The molecule has 1 amide bonds. The summed E-state index contributed by atoms with van der Waals surface area (Å²) in [6, 6.07) is 30.4. The molecule has 0 radical (unpaired) electrons. The van der Waals surface area contributed by atoms with E-state index in [0.29, 0.717) is 0 Å². The van der Waals surface area contributed by atoms with Gasteiger partial charge in [0, 0.05) is 36.2 Å². The zero-order valence-electron chi connectivity index (χ0n) is 28.8. The molecule has 2 aliphatic carbocycles. The van der Waals surface area contributed by atoms with Gasteiger partial charge in [-0.15, -0.1) is 0 Å². The Morgan fingerprint density at radius 3 is 1.77 bits per heavy atom. The van der Waals surface area contributed by atoms with Gasteiger partial charge in [0.1, 0.15) is 0 Å². The van der Waals surface area contributed by atoms with Crippen LogP contribution in [0.15, 0.2) is 102 Å². The van der Waals surface area contributed by atoms with Crippen LogP contribution >= 0.6 is 0 Å². The number of benzene rings is 3. The summed E-state index contributed by atoms with van der Waals surface area (Å²) in [5.41, 5.74) is 11.1. The number of amides is 1. The first-order valence-electron chi connectivity index (χ1n) is 18.5. The summed E-state index contributed by atoms with van der Waals surface area (Å²) in [6.07, 6.45) is 18.4. The fourth-order valence-corrected chi connectivity index (χ4v) is 8.09. The molecule has 0 bridgehead atoms. The number of hydrogen-bond donors (Lipinski definition) is 1. The van der Waals surface area contributed by atoms with E-state index in [0.717, 1.165) is 55.6 Å². The molecule has 1 heterocycles. The predicted molar refractivity (Wildman–Crippen MR) is 198 cm³/mol. The third-order valence-electron chi connectivity index (χ3n) is 10.9. The summed E-state index contributed by atoms with van der Waals surface area (Å²) in [4.78, 5) is 16.8. The van der Waals surface area contributed by atoms with Crippen LogP contribution in [0.25, 0.3) is 17.0 Å². The SMILES string of the molecule is CC(C(C)=C(c1ccccc1)C1C=C(N2CCCC2)c2ccccc21)=C(NC(=O)C1CCCCCCCCCCC1)c1ccccc1. The maximum atomic E-state index is 14.2. The zero-order valence-corrected chi connectivity index (χ0v) is 28.8. The van der Waals surface area contributed by atoms with Crippen molar-refractivity contribution in [2.75, 3.05) is 13.1 Å². The van der Waals surface area contributed by atoms with Gasteiger partial charge in [-0.2, -0.15) is 0 Å². The van der Waals surface area contributed by atoms with E-state index in [2.05, 4.69) is 115 Å². The van der Waals surface area contributed by atoms with Crippen LogP contribution in [-0.2, 0) is 4.79 Å². The van der Waals surface area contributed by atoms with E-state index in [1.165, 1.54) is 91.3 Å². The molecular weight excluding hydrogens is 572 g/mol. The highest BCUT2D eigenvalue weighted by molar-refractivity contribution is 5.92. The van der Waals surface area contributed by atoms with Crippen molar-refractivity contribution in [3.8, 4) is 0 Å². The molecule has 6 rings (SSSR count). The average Bonchev–Trinajstić information content (AvgIpc) is 3.77. The maximum Gasteiger partial charge on any atom is 0.227 e. The fraction of sp³-hybridized carbons (Fsp3) is 0.432. The molecule has 1 saturated heterocycles.